The molecular formula is C13H14F2N2O2. The monoisotopic (exact) mass is 268 g/mol. The van der Waals surface area contributed by atoms with Gasteiger partial charge < -0.3 is 10.2 Å². The summed E-state index contributed by atoms with van der Waals surface area (Å²) >= 11 is 0. The quantitative estimate of drug-likeness (QED) is 0.899. The third-order valence-corrected chi connectivity index (χ3v) is 3.13. The van der Waals surface area contributed by atoms with Gasteiger partial charge in [-0.3, -0.25) is 9.59 Å². The third kappa shape index (κ3) is 2.72. The van der Waals surface area contributed by atoms with Crippen molar-refractivity contribution in [2.24, 2.45) is 0 Å². The number of nitrogens with one attached hydrogen (secondary N) is 1. The molecule has 0 aliphatic carbocycles. The van der Waals surface area contributed by atoms with Crippen LogP contribution in [-0.4, -0.2) is 35.7 Å². The minimum atomic E-state index is -2.66. The van der Waals surface area contributed by atoms with Gasteiger partial charge in [-0.15, -0.1) is 0 Å². The number of piperazine rings is 1. The predicted octanol–water partition coefficient (Wildman–Crippen LogP) is 1.34. The fraction of sp³-hybridized carbons (Fsp3) is 0.385. The summed E-state index contributed by atoms with van der Waals surface area (Å²) in [7, 11) is 0. The molecule has 1 aromatic carbocycles. The van der Waals surface area contributed by atoms with Gasteiger partial charge in [0.05, 0.1) is 6.54 Å². The van der Waals surface area contributed by atoms with Crippen LogP contribution in [0.1, 0.15) is 18.5 Å². The highest BCUT2D eigenvalue weighted by Gasteiger charge is 2.39. The summed E-state index contributed by atoms with van der Waals surface area (Å²) in [5, 5.41) is 2.56. The Morgan fingerprint density at radius 3 is 2.47 bits per heavy atom. The van der Waals surface area contributed by atoms with E-state index >= 15 is 0 Å². The molecule has 1 aliphatic rings. The lowest BCUT2D eigenvalue weighted by Gasteiger charge is -2.37. The van der Waals surface area contributed by atoms with Crippen molar-refractivity contribution in [2.75, 3.05) is 6.54 Å². The smallest absolute Gasteiger partial charge is 0.255 e. The van der Waals surface area contributed by atoms with Crippen molar-refractivity contribution < 1.29 is 18.4 Å². The van der Waals surface area contributed by atoms with E-state index < -0.39 is 36.9 Å². The highest BCUT2D eigenvalue weighted by molar-refractivity contribution is 5.97. The predicted molar refractivity (Wildman–Crippen MR) is 64.5 cm³/mol. The molecule has 2 amide bonds. The number of hydrogen-bond donors (Lipinski definition) is 1. The van der Waals surface area contributed by atoms with E-state index in [1.165, 1.54) is 6.92 Å². The summed E-state index contributed by atoms with van der Waals surface area (Å²) < 4.78 is 25.0. The molecule has 1 heterocycles. The fourth-order valence-electron chi connectivity index (χ4n) is 2.09. The maximum atomic E-state index is 12.5. The van der Waals surface area contributed by atoms with Gasteiger partial charge in [0, 0.05) is 0 Å². The second-order valence-electron chi connectivity index (χ2n) is 4.41. The van der Waals surface area contributed by atoms with Gasteiger partial charge in [-0.05, 0) is 12.5 Å². The van der Waals surface area contributed by atoms with Crippen molar-refractivity contribution in [1.29, 1.82) is 0 Å². The van der Waals surface area contributed by atoms with Crippen molar-refractivity contribution in [3.8, 4) is 0 Å². The van der Waals surface area contributed by atoms with Gasteiger partial charge in [0.1, 0.15) is 12.1 Å². The molecule has 1 aliphatic heterocycles. The minimum Gasteiger partial charge on any atom is -0.339 e. The van der Waals surface area contributed by atoms with E-state index in [1.54, 1.807) is 30.3 Å². The van der Waals surface area contributed by atoms with Gasteiger partial charge in [0.2, 0.25) is 5.91 Å². The number of carbonyl (C=O) groups is 2. The van der Waals surface area contributed by atoms with E-state index in [0.29, 0.717) is 5.56 Å². The Labute approximate surface area is 109 Å². The van der Waals surface area contributed by atoms with Crippen LogP contribution in [0.15, 0.2) is 30.3 Å². The second kappa shape index (κ2) is 5.34. The Kier molecular flexibility index (Phi) is 3.78. The Bertz CT molecular complexity index is 479. The largest absolute Gasteiger partial charge is 0.339 e. The van der Waals surface area contributed by atoms with Crippen LogP contribution in [-0.2, 0) is 9.59 Å². The van der Waals surface area contributed by atoms with Gasteiger partial charge in [-0.1, -0.05) is 30.3 Å². The third-order valence-electron chi connectivity index (χ3n) is 3.13. The zero-order valence-electron chi connectivity index (χ0n) is 10.3. The van der Waals surface area contributed by atoms with Gasteiger partial charge in [0.15, 0.2) is 0 Å². The average molecular weight is 268 g/mol. The van der Waals surface area contributed by atoms with E-state index in [-0.39, 0.29) is 0 Å². The van der Waals surface area contributed by atoms with Crippen LogP contribution in [0, 0.1) is 0 Å². The highest BCUT2D eigenvalue weighted by Crippen LogP contribution is 2.22. The molecule has 0 spiro atoms. The molecule has 0 radical (unpaired) electrons. The molecule has 0 bridgehead atoms. The topological polar surface area (TPSA) is 49.4 Å². The number of rotatable bonds is 3. The van der Waals surface area contributed by atoms with Crippen LogP contribution in [0.2, 0.25) is 0 Å². The van der Waals surface area contributed by atoms with E-state index in [1.807, 2.05) is 0 Å². The molecule has 102 valence electrons. The van der Waals surface area contributed by atoms with Crippen molar-refractivity contribution in [1.82, 2.24) is 10.2 Å². The molecule has 19 heavy (non-hydrogen) atoms. The Hall–Kier alpha value is -1.98. The summed E-state index contributed by atoms with van der Waals surface area (Å²) in [6.07, 6.45) is -2.66. The van der Waals surface area contributed by atoms with E-state index in [0.717, 1.165) is 4.90 Å². The molecule has 1 fully saturated rings. The second-order valence-corrected chi connectivity index (χ2v) is 4.41. The summed E-state index contributed by atoms with van der Waals surface area (Å²) in [6, 6.07) is 6.83. The Morgan fingerprint density at radius 2 is 1.89 bits per heavy atom. The van der Waals surface area contributed by atoms with Crippen LogP contribution >= 0.6 is 0 Å². The zero-order chi connectivity index (χ0) is 14.0. The number of carbonyl (C=O) groups excluding carboxylic acids is 2. The number of amides is 2. The van der Waals surface area contributed by atoms with Crippen molar-refractivity contribution >= 4 is 11.8 Å². The fourth-order valence-corrected chi connectivity index (χ4v) is 2.09. The molecule has 2 atom stereocenters. The maximum Gasteiger partial charge on any atom is 0.255 e. The zero-order valence-corrected chi connectivity index (χ0v) is 10.3. The first-order valence-electron chi connectivity index (χ1n) is 5.94. The molecule has 6 heteroatoms. The van der Waals surface area contributed by atoms with Gasteiger partial charge >= 0.3 is 0 Å². The van der Waals surface area contributed by atoms with Crippen LogP contribution < -0.4 is 5.32 Å². The van der Waals surface area contributed by atoms with Crippen molar-refractivity contribution in [3.63, 3.8) is 0 Å². The summed E-state index contributed by atoms with van der Waals surface area (Å²) in [4.78, 5) is 24.9. The van der Waals surface area contributed by atoms with Crippen LogP contribution in [0.3, 0.4) is 0 Å². The molecule has 1 N–H and O–H groups in total. The SMILES string of the molecule is CC1C(=O)NC(c2ccccc2)C(=O)N1CC(F)F. The van der Waals surface area contributed by atoms with E-state index in [2.05, 4.69) is 5.32 Å². The van der Waals surface area contributed by atoms with Crippen LogP contribution in [0.25, 0.3) is 0 Å². The van der Waals surface area contributed by atoms with Crippen LogP contribution in [0.4, 0.5) is 8.78 Å². The van der Waals surface area contributed by atoms with Crippen molar-refractivity contribution in [3.05, 3.63) is 35.9 Å². The lowest BCUT2D eigenvalue weighted by molar-refractivity contribution is -0.150. The number of nitrogens with zero attached hydrogens (tertiary/aromatic N) is 1. The number of alkyl halides is 2. The first-order valence-corrected chi connectivity index (χ1v) is 5.94. The summed E-state index contributed by atoms with van der Waals surface area (Å²) in [5.41, 5.74) is 0.590. The average Bonchev–Trinajstić information content (AvgIpc) is 2.39. The van der Waals surface area contributed by atoms with Gasteiger partial charge in [-0.25, -0.2) is 8.78 Å². The van der Waals surface area contributed by atoms with Crippen molar-refractivity contribution in [2.45, 2.75) is 25.4 Å². The Balaban J connectivity index is 2.27. The number of hydrogen-bond acceptors (Lipinski definition) is 2. The first kappa shape index (κ1) is 13.5. The molecule has 0 saturated carbocycles. The molecular weight excluding hydrogens is 254 g/mol. The number of benzene rings is 1. The molecule has 0 aromatic heterocycles. The maximum absolute atomic E-state index is 12.5. The van der Waals surface area contributed by atoms with Crippen LogP contribution in [0.5, 0.6) is 0 Å². The first-order chi connectivity index (χ1) is 9.00. The molecule has 1 saturated heterocycles. The van der Waals surface area contributed by atoms with Gasteiger partial charge in [0.25, 0.3) is 12.3 Å². The summed E-state index contributed by atoms with van der Waals surface area (Å²) in [6.45, 7) is 0.716. The number of halogens is 2. The molecule has 1 aromatic rings. The normalized spacial score (nSPS) is 23.7. The standard InChI is InChI=1S/C13H14F2N2O2/c1-8-12(18)16-11(9-5-3-2-4-6-9)13(19)17(8)7-10(14)15/h2-6,8,10-11H,7H2,1H3,(H,16,18). The highest BCUT2D eigenvalue weighted by atomic mass is 19.3. The molecule has 2 rings (SSSR count). The Morgan fingerprint density at radius 1 is 1.26 bits per heavy atom. The lowest BCUT2D eigenvalue weighted by atomic mass is 10.0. The molecule has 4 nitrogen and oxygen atoms in total. The summed E-state index contributed by atoms with van der Waals surface area (Å²) in [5.74, 6) is -0.923. The molecule has 2 unspecified atom stereocenters. The lowest BCUT2D eigenvalue weighted by Crippen LogP contribution is -2.59. The van der Waals surface area contributed by atoms with Gasteiger partial charge in [-0.2, -0.15) is 0 Å². The minimum absolute atomic E-state index is 0.422. The van der Waals surface area contributed by atoms with E-state index in [4.69, 9.17) is 0 Å². The van der Waals surface area contributed by atoms with E-state index in [9.17, 15) is 18.4 Å².